The minimum absolute atomic E-state index is 0. The van der Waals surface area contributed by atoms with Gasteiger partial charge in [-0.05, 0) is 6.92 Å². The molecule has 3 heteroatoms. The number of hydrogen-bond acceptors (Lipinski definition) is 2. The van der Waals surface area contributed by atoms with Gasteiger partial charge in [0.1, 0.15) is 0 Å². The van der Waals surface area contributed by atoms with E-state index in [0.29, 0.717) is 0 Å². The fraction of sp³-hybridized carbons (Fsp3) is 0.667. The Labute approximate surface area is 75.6 Å². The average molecular weight is 323 g/mol. The Bertz CT molecular complexity index is 103. The molecule has 0 saturated carbocycles. The number of rotatable bonds is 1. The van der Waals surface area contributed by atoms with Gasteiger partial charge < -0.3 is 9.80 Å². The molecule has 0 amide bonds. The van der Waals surface area contributed by atoms with E-state index in [1.54, 1.807) is 0 Å². The zero-order valence-corrected chi connectivity index (χ0v) is 9.05. The third kappa shape index (κ3) is 2.53. The van der Waals surface area contributed by atoms with Crippen molar-refractivity contribution < 1.29 is 26.2 Å². The second-order valence-corrected chi connectivity index (χ2v) is 2.10. The molecule has 0 N–H and O–H groups in total. The van der Waals surface area contributed by atoms with Gasteiger partial charge in [0.15, 0.2) is 0 Å². The van der Waals surface area contributed by atoms with Gasteiger partial charge in [0.05, 0.1) is 6.67 Å². The van der Waals surface area contributed by atoms with Crippen molar-refractivity contribution in [2.45, 2.75) is 6.92 Å². The topological polar surface area (TPSA) is 6.48 Å². The summed E-state index contributed by atoms with van der Waals surface area (Å²) in [5.74, 6) is 0. The monoisotopic (exact) mass is 323 g/mol. The maximum absolute atomic E-state index is 2.25. The summed E-state index contributed by atoms with van der Waals surface area (Å²) < 4.78 is 0. The first kappa shape index (κ1) is 9.22. The summed E-state index contributed by atoms with van der Waals surface area (Å²) in [6, 6.07) is 0. The molecule has 9 heavy (non-hydrogen) atoms. The van der Waals surface area contributed by atoms with Crippen LogP contribution < -0.4 is 0 Å². The molecule has 0 aromatic heterocycles. The maximum atomic E-state index is 2.25. The molecule has 2 nitrogen and oxygen atoms in total. The quantitative estimate of drug-likeness (QED) is 0.690. The van der Waals surface area contributed by atoms with Crippen LogP contribution in [-0.4, -0.2) is 30.1 Å². The third-order valence-corrected chi connectivity index (χ3v) is 1.34. The third-order valence-electron chi connectivity index (χ3n) is 1.34. The van der Waals surface area contributed by atoms with Crippen LogP contribution >= 0.6 is 0 Å². The molecule has 1 rings (SSSR count). The first-order valence-corrected chi connectivity index (χ1v) is 2.95. The zero-order chi connectivity index (χ0) is 5.98. The molecule has 0 saturated heterocycles. The molecule has 0 atom stereocenters. The Morgan fingerprint density at radius 2 is 2.11 bits per heavy atom. The second kappa shape index (κ2) is 4.11. The molecule has 54 valence electrons. The molecule has 0 fully saturated rings. The molecule has 0 bridgehead atoms. The van der Waals surface area contributed by atoms with Gasteiger partial charge in [-0.15, -0.1) is 0 Å². The molecule has 0 unspecified atom stereocenters. The molecular weight excluding hydrogens is 310 g/mol. The zero-order valence-electron chi connectivity index (χ0n) is 5.87. The molecular formula is C6H13AtN2. The van der Waals surface area contributed by atoms with Gasteiger partial charge in [-0.25, -0.2) is 0 Å². The van der Waals surface area contributed by atoms with Gasteiger partial charge in [-0.1, -0.05) is 0 Å². The van der Waals surface area contributed by atoms with E-state index in [0.717, 1.165) is 13.2 Å². The van der Waals surface area contributed by atoms with Crippen LogP contribution in [0.4, 0.5) is 0 Å². The molecule has 1 aliphatic rings. The van der Waals surface area contributed by atoms with E-state index in [2.05, 4.69) is 36.2 Å². The molecule has 0 spiro atoms. The van der Waals surface area contributed by atoms with Crippen molar-refractivity contribution in [3.63, 3.8) is 0 Å². The van der Waals surface area contributed by atoms with Crippen LogP contribution in [-0.2, 0) is 0 Å². The molecule has 0 aromatic rings. The summed E-state index contributed by atoms with van der Waals surface area (Å²) in [4.78, 5) is 4.41. The summed E-state index contributed by atoms with van der Waals surface area (Å²) in [6.45, 7) is 4.32. The Hall–Kier alpha value is 0.223. The van der Waals surface area contributed by atoms with Crippen LogP contribution in [0.3, 0.4) is 0 Å². The van der Waals surface area contributed by atoms with Gasteiger partial charge in [0.2, 0.25) is 0 Å². The van der Waals surface area contributed by atoms with Crippen molar-refractivity contribution in [1.29, 1.82) is 0 Å². The van der Waals surface area contributed by atoms with Crippen molar-refractivity contribution >= 4 is 0 Å². The van der Waals surface area contributed by atoms with E-state index < -0.39 is 0 Å². The molecule has 1 aliphatic heterocycles. The van der Waals surface area contributed by atoms with Crippen LogP contribution in [0.2, 0.25) is 0 Å². The molecule has 0 aliphatic carbocycles. The van der Waals surface area contributed by atoms with Crippen LogP contribution in [0.15, 0.2) is 12.4 Å². The Balaban J connectivity index is 0.000000640. The number of hydrogen-bond donors (Lipinski definition) is 0. The summed E-state index contributed by atoms with van der Waals surface area (Å²) in [5.41, 5.74) is 0. The predicted molar refractivity (Wildman–Crippen MR) is 35.5 cm³/mol. The molecule has 0 radical (unpaired) electrons. The van der Waals surface area contributed by atoms with Crippen molar-refractivity contribution in [2.24, 2.45) is 0 Å². The first-order valence-electron chi connectivity index (χ1n) is 2.95. The van der Waals surface area contributed by atoms with Gasteiger partial charge in [0, 0.05) is 26.0 Å². The normalized spacial score (nSPS) is 16.2. The molecule has 0 aromatic carbocycles. The SMILES string of the molecule is CCN1C=CN(C)C1.[AtH]. The van der Waals surface area contributed by atoms with Crippen molar-refractivity contribution in [3.05, 3.63) is 12.4 Å². The van der Waals surface area contributed by atoms with Gasteiger partial charge in [-0.2, -0.15) is 0 Å². The first-order chi connectivity index (χ1) is 3.83. The summed E-state index contributed by atoms with van der Waals surface area (Å²) in [5, 5.41) is 0. The van der Waals surface area contributed by atoms with E-state index in [-0.39, 0.29) is 26.2 Å². The summed E-state index contributed by atoms with van der Waals surface area (Å²) in [6.07, 6.45) is 4.20. The fourth-order valence-electron chi connectivity index (χ4n) is 0.794. The average Bonchev–Trinajstić information content (AvgIpc) is 2.14. The van der Waals surface area contributed by atoms with Gasteiger partial charge in [0.25, 0.3) is 0 Å². The van der Waals surface area contributed by atoms with Crippen LogP contribution in [0.25, 0.3) is 0 Å². The van der Waals surface area contributed by atoms with Crippen LogP contribution in [0, 0.1) is 26.2 Å². The van der Waals surface area contributed by atoms with Gasteiger partial charge in [-0.3, -0.25) is 0 Å². The van der Waals surface area contributed by atoms with Crippen molar-refractivity contribution in [3.8, 4) is 0 Å². The summed E-state index contributed by atoms with van der Waals surface area (Å²) >= 11 is 0. The Morgan fingerprint density at radius 1 is 1.44 bits per heavy atom. The number of nitrogens with zero attached hydrogens (tertiary/aromatic N) is 2. The van der Waals surface area contributed by atoms with E-state index >= 15 is 0 Å². The second-order valence-electron chi connectivity index (χ2n) is 2.10. The Morgan fingerprint density at radius 3 is 2.33 bits per heavy atom. The van der Waals surface area contributed by atoms with E-state index in [4.69, 9.17) is 0 Å². The minimum atomic E-state index is 0. The summed E-state index contributed by atoms with van der Waals surface area (Å²) in [7, 11) is 2.08. The van der Waals surface area contributed by atoms with Crippen LogP contribution in [0.1, 0.15) is 6.92 Å². The molecule has 1 heterocycles. The van der Waals surface area contributed by atoms with Crippen molar-refractivity contribution in [1.82, 2.24) is 9.80 Å². The van der Waals surface area contributed by atoms with E-state index in [1.807, 2.05) is 0 Å². The van der Waals surface area contributed by atoms with Crippen molar-refractivity contribution in [2.75, 3.05) is 20.3 Å². The predicted octanol–water partition coefficient (Wildman–Crippen LogP) is 0.415. The standard InChI is InChI=1S/C6H12N2.AtH/c1-3-8-5-4-7(2)6-8;/h4-5H,3,6H2,1-2H3;1H. The van der Waals surface area contributed by atoms with Gasteiger partial charge >= 0.3 is 26.2 Å². The van der Waals surface area contributed by atoms with Crippen LogP contribution in [0.5, 0.6) is 0 Å². The van der Waals surface area contributed by atoms with E-state index in [9.17, 15) is 0 Å². The Kier molecular flexibility index (Phi) is 4.21. The van der Waals surface area contributed by atoms with E-state index in [1.165, 1.54) is 0 Å². The fourth-order valence-corrected chi connectivity index (χ4v) is 0.794.